The minimum Gasteiger partial charge on any atom is -0.493 e. The van der Waals surface area contributed by atoms with Gasteiger partial charge >= 0.3 is 5.97 Å². The van der Waals surface area contributed by atoms with Crippen molar-refractivity contribution in [3.63, 3.8) is 0 Å². The average molecular weight is 413 g/mol. The van der Waals surface area contributed by atoms with Crippen LogP contribution in [0.1, 0.15) is 31.0 Å². The molecule has 29 heavy (non-hydrogen) atoms. The van der Waals surface area contributed by atoms with E-state index >= 15 is 0 Å². The molecule has 0 amide bonds. The first-order valence-electron chi connectivity index (χ1n) is 9.60. The number of carbonyl (C=O) groups excluding carboxylic acids is 1. The molecule has 6 nitrogen and oxygen atoms in total. The quantitative estimate of drug-likeness (QED) is 0.607. The highest BCUT2D eigenvalue weighted by molar-refractivity contribution is 7.80. The standard InChI is InChI=1S/C22H24N2O4S/c1-5-27-20(25)17-18-15-7-6-8-16(26-4)19(15)28-22(17,3)24(21(29)23-18)14-11-9-13(2)10-12-14/h6-12,17-18H,5H2,1-4H3,(H,23,29)/t17-,18+,22-/m0/s1. The number of carbonyl (C=O) groups is 1. The number of hydrogen-bond donors (Lipinski definition) is 1. The Morgan fingerprint density at radius 2 is 2.00 bits per heavy atom. The monoisotopic (exact) mass is 412 g/mol. The summed E-state index contributed by atoms with van der Waals surface area (Å²) in [5.74, 6) is 0.255. The summed E-state index contributed by atoms with van der Waals surface area (Å²) in [5.41, 5.74) is 1.70. The van der Waals surface area contributed by atoms with Gasteiger partial charge in [-0.2, -0.15) is 0 Å². The summed E-state index contributed by atoms with van der Waals surface area (Å²) in [6, 6.07) is 13.2. The Morgan fingerprint density at radius 1 is 1.28 bits per heavy atom. The zero-order valence-corrected chi connectivity index (χ0v) is 17.7. The number of nitrogens with zero attached hydrogens (tertiary/aromatic N) is 1. The van der Waals surface area contributed by atoms with Crippen LogP contribution in [-0.2, 0) is 9.53 Å². The van der Waals surface area contributed by atoms with Crippen molar-refractivity contribution in [1.82, 2.24) is 5.32 Å². The van der Waals surface area contributed by atoms with Gasteiger partial charge in [0.15, 0.2) is 16.6 Å². The fourth-order valence-corrected chi connectivity index (χ4v) is 4.62. The Hall–Kier alpha value is -2.80. The predicted octanol–water partition coefficient (Wildman–Crippen LogP) is 3.73. The van der Waals surface area contributed by atoms with E-state index < -0.39 is 11.6 Å². The number of para-hydroxylation sites is 1. The van der Waals surface area contributed by atoms with Crippen LogP contribution in [0.3, 0.4) is 0 Å². The van der Waals surface area contributed by atoms with Crippen LogP contribution in [0, 0.1) is 12.8 Å². The van der Waals surface area contributed by atoms with Crippen molar-refractivity contribution >= 4 is 29.0 Å². The highest BCUT2D eigenvalue weighted by atomic mass is 32.1. The van der Waals surface area contributed by atoms with E-state index in [1.54, 1.807) is 14.0 Å². The molecule has 2 aromatic carbocycles. The molecule has 0 spiro atoms. The summed E-state index contributed by atoms with van der Waals surface area (Å²) in [7, 11) is 1.60. The van der Waals surface area contributed by atoms with Crippen molar-refractivity contribution in [2.45, 2.75) is 32.5 Å². The van der Waals surface area contributed by atoms with Crippen LogP contribution in [0.15, 0.2) is 42.5 Å². The zero-order valence-electron chi connectivity index (χ0n) is 16.9. The molecule has 152 valence electrons. The molecular weight excluding hydrogens is 388 g/mol. The normalized spacial score (nSPS) is 24.8. The van der Waals surface area contributed by atoms with Gasteiger partial charge < -0.3 is 19.5 Å². The van der Waals surface area contributed by atoms with Gasteiger partial charge in [0.05, 0.1) is 19.8 Å². The predicted molar refractivity (Wildman–Crippen MR) is 114 cm³/mol. The van der Waals surface area contributed by atoms with Crippen LogP contribution in [0.5, 0.6) is 11.5 Å². The second-order valence-electron chi connectivity index (χ2n) is 7.36. The fourth-order valence-electron chi connectivity index (χ4n) is 4.21. The van der Waals surface area contributed by atoms with Crippen molar-refractivity contribution in [2.24, 2.45) is 5.92 Å². The average Bonchev–Trinajstić information content (AvgIpc) is 2.68. The van der Waals surface area contributed by atoms with Gasteiger partial charge in [-0.3, -0.25) is 9.69 Å². The number of fused-ring (bicyclic) bond motifs is 4. The molecule has 0 saturated carbocycles. The van der Waals surface area contributed by atoms with Gasteiger partial charge in [0, 0.05) is 11.3 Å². The number of aryl methyl sites for hydroxylation is 1. The molecule has 0 aliphatic carbocycles. The van der Waals surface area contributed by atoms with Gasteiger partial charge in [0.25, 0.3) is 0 Å². The summed E-state index contributed by atoms with van der Waals surface area (Å²) in [6.07, 6.45) is 0. The molecule has 0 aromatic heterocycles. The molecule has 3 atom stereocenters. The van der Waals surface area contributed by atoms with Crippen molar-refractivity contribution in [1.29, 1.82) is 0 Å². The Morgan fingerprint density at radius 3 is 2.66 bits per heavy atom. The van der Waals surface area contributed by atoms with Gasteiger partial charge in [-0.1, -0.05) is 29.8 Å². The van der Waals surface area contributed by atoms with Crippen molar-refractivity contribution < 1.29 is 19.0 Å². The van der Waals surface area contributed by atoms with E-state index in [0.717, 1.165) is 16.8 Å². The lowest BCUT2D eigenvalue weighted by molar-refractivity contribution is -0.159. The number of methoxy groups -OCH3 is 1. The van der Waals surface area contributed by atoms with Gasteiger partial charge in [0.1, 0.15) is 5.92 Å². The third-order valence-electron chi connectivity index (χ3n) is 5.54. The summed E-state index contributed by atoms with van der Waals surface area (Å²) in [5, 5.41) is 3.85. The molecule has 1 N–H and O–H groups in total. The second-order valence-corrected chi connectivity index (χ2v) is 7.75. The number of benzene rings is 2. The van der Waals surface area contributed by atoms with Gasteiger partial charge in [-0.25, -0.2) is 0 Å². The maximum Gasteiger partial charge on any atom is 0.317 e. The van der Waals surface area contributed by atoms with Crippen LogP contribution in [0.4, 0.5) is 5.69 Å². The molecule has 0 unspecified atom stereocenters. The molecule has 1 saturated heterocycles. The summed E-state index contributed by atoms with van der Waals surface area (Å²) < 4.78 is 17.5. The van der Waals surface area contributed by atoms with E-state index in [1.165, 1.54) is 0 Å². The molecule has 0 radical (unpaired) electrons. The van der Waals surface area contributed by atoms with Gasteiger partial charge in [0.2, 0.25) is 5.72 Å². The van der Waals surface area contributed by atoms with E-state index in [2.05, 4.69) is 5.32 Å². The largest absolute Gasteiger partial charge is 0.493 e. The third kappa shape index (κ3) is 3.00. The number of ether oxygens (including phenoxy) is 3. The first kappa shape index (κ1) is 19.5. The summed E-state index contributed by atoms with van der Waals surface area (Å²) in [6.45, 7) is 5.99. The Balaban J connectivity index is 1.91. The summed E-state index contributed by atoms with van der Waals surface area (Å²) >= 11 is 5.71. The lowest BCUT2D eigenvalue weighted by Gasteiger charge is -2.55. The number of hydrogen-bond acceptors (Lipinski definition) is 5. The molecule has 2 aromatic rings. The molecule has 4 rings (SSSR count). The van der Waals surface area contributed by atoms with Crippen LogP contribution in [0.2, 0.25) is 0 Å². The number of anilines is 1. The number of thiocarbonyl (C=S) groups is 1. The maximum absolute atomic E-state index is 13.1. The van der Waals surface area contributed by atoms with Crippen LogP contribution >= 0.6 is 12.2 Å². The SMILES string of the molecule is CCOC(=O)[C@@H]1[C@@H]2NC(=S)N(c3ccc(C)cc3)[C@@]1(C)Oc1c(OC)cccc12. The molecule has 7 heteroatoms. The number of esters is 1. The molecular formula is C22H24N2O4S. The summed E-state index contributed by atoms with van der Waals surface area (Å²) in [4.78, 5) is 14.9. The highest BCUT2D eigenvalue weighted by Crippen LogP contribution is 2.52. The second kappa shape index (κ2) is 7.22. The Labute approximate surface area is 175 Å². The smallest absolute Gasteiger partial charge is 0.317 e. The molecule has 2 bridgehead atoms. The zero-order chi connectivity index (χ0) is 20.8. The third-order valence-corrected chi connectivity index (χ3v) is 5.84. The van der Waals surface area contributed by atoms with Crippen LogP contribution in [-0.4, -0.2) is 30.5 Å². The van der Waals surface area contributed by atoms with E-state index in [4.69, 9.17) is 26.4 Å². The first-order valence-corrected chi connectivity index (χ1v) is 10.0. The number of nitrogens with one attached hydrogen (secondary N) is 1. The van der Waals surface area contributed by atoms with Gasteiger partial charge in [-0.15, -0.1) is 0 Å². The van der Waals surface area contributed by atoms with Crippen LogP contribution < -0.4 is 19.7 Å². The molecule has 2 heterocycles. The van der Waals surface area contributed by atoms with E-state index in [9.17, 15) is 4.79 Å². The van der Waals surface area contributed by atoms with Gasteiger partial charge in [-0.05, 0) is 51.2 Å². The fraction of sp³-hybridized carbons (Fsp3) is 0.364. The minimum atomic E-state index is -1.09. The lowest BCUT2D eigenvalue weighted by atomic mass is 9.79. The van der Waals surface area contributed by atoms with Crippen molar-refractivity contribution in [3.8, 4) is 11.5 Å². The minimum absolute atomic E-state index is 0.290. The lowest BCUT2D eigenvalue weighted by Crippen LogP contribution is -2.71. The number of rotatable bonds is 4. The Bertz CT molecular complexity index is 962. The topological polar surface area (TPSA) is 60.0 Å². The molecule has 2 aliphatic rings. The van der Waals surface area contributed by atoms with Crippen molar-refractivity contribution in [2.75, 3.05) is 18.6 Å². The first-order chi connectivity index (χ1) is 13.9. The Kier molecular flexibility index (Phi) is 4.86. The molecule has 1 fully saturated rings. The van der Waals surface area contributed by atoms with E-state index in [1.807, 2.05) is 61.2 Å². The van der Waals surface area contributed by atoms with E-state index in [-0.39, 0.29) is 18.6 Å². The van der Waals surface area contributed by atoms with E-state index in [0.29, 0.717) is 16.6 Å². The maximum atomic E-state index is 13.1. The van der Waals surface area contributed by atoms with Crippen LogP contribution in [0.25, 0.3) is 0 Å². The van der Waals surface area contributed by atoms with Crippen molar-refractivity contribution in [3.05, 3.63) is 53.6 Å². The highest BCUT2D eigenvalue weighted by Gasteiger charge is 2.60. The molecule has 2 aliphatic heterocycles.